The first kappa shape index (κ1) is 14.7. The van der Waals surface area contributed by atoms with Crippen molar-refractivity contribution in [3.05, 3.63) is 38.9 Å². The largest absolute Gasteiger partial charge is 0.396 e. The Bertz CT molecular complexity index is 643. The Kier molecular flexibility index (Phi) is 4.75. The molecule has 0 aliphatic carbocycles. The van der Waals surface area contributed by atoms with Gasteiger partial charge in [-0.1, -0.05) is 0 Å². The lowest BCUT2D eigenvalue weighted by molar-refractivity contribution is 0.300. The van der Waals surface area contributed by atoms with Crippen LogP contribution in [0.1, 0.15) is 14.6 Å². The molecule has 0 amide bonds. The highest BCUT2D eigenvalue weighted by atomic mass is 32.2. The molecule has 0 aliphatic heterocycles. The summed E-state index contributed by atoms with van der Waals surface area (Å²) >= 11 is 2.78. The van der Waals surface area contributed by atoms with Gasteiger partial charge in [-0.05, 0) is 31.2 Å². The number of aliphatic hydroxyl groups excluding tert-OH is 1. The van der Waals surface area contributed by atoms with Crippen molar-refractivity contribution in [2.45, 2.75) is 24.1 Å². The average Bonchev–Trinajstić information content (AvgIpc) is 2.97. The van der Waals surface area contributed by atoms with Gasteiger partial charge in [0.2, 0.25) is 10.0 Å². The maximum atomic E-state index is 12.1. The van der Waals surface area contributed by atoms with Gasteiger partial charge in [-0.25, -0.2) is 13.1 Å². The minimum Gasteiger partial charge on any atom is -0.396 e. The highest BCUT2D eigenvalue weighted by molar-refractivity contribution is 7.91. The molecule has 2 rings (SSSR count). The second-order valence-corrected chi connectivity index (χ2v) is 8.57. The van der Waals surface area contributed by atoms with Gasteiger partial charge in [0.1, 0.15) is 4.21 Å². The van der Waals surface area contributed by atoms with Gasteiger partial charge < -0.3 is 5.11 Å². The Morgan fingerprint density at radius 1 is 1.16 bits per heavy atom. The van der Waals surface area contributed by atoms with Gasteiger partial charge in [0.25, 0.3) is 0 Å². The van der Waals surface area contributed by atoms with E-state index in [0.29, 0.717) is 17.2 Å². The van der Waals surface area contributed by atoms with Gasteiger partial charge in [0, 0.05) is 34.2 Å². The van der Waals surface area contributed by atoms with Gasteiger partial charge in [-0.2, -0.15) is 0 Å². The maximum absolute atomic E-state index is 12.1. The monoisotopic (exact) mass is 317 g/mol. The van der Waals surface area contributed by atoms with Crippen LogP contribution in [0.15, 0.2) is 28.5 Å². The van der Waals surface area contributed by atoms with Gasteiger partial charge in [-0.3, -0.25) is 0 Å². The fourth-order valence-corrected chi connectivity index (χ4v) is 4.88. The Morgan fingerprint density at radius 3 is 2.53 bits per heavy atom. The maximum Gasteiger partial charge on any atom is 0.250 e. The molecule has 0 spiro atoms. The first-order chi connectivity index (χ1) is 9.01. The van der Waals surface area contributed by atoms with Crippen molar-refractivity contribution in [2.24, 2.45) is 0 Å². The molecule has 0 unspecified atom stereocenters. The Balaban J connectivity index is 2.04. The predicted molar refractivity (Wildman–Crippen MR) is 78.2 cm³/mol. The molecule has 0 radical (unpaired) electrons. The van der Waals surface area contributed by atoms with Gasteiger partial charge in [0.15, 0.2) is 0 Å². The number of hydrogen-bond acceptors (Lipinski definition) is 5. The molecular formula is C12H15NO3S3. The summed E-state index contributed by atoms with van der Waals surface area (Å²) in [5.74, 6) is 0. The van der Waals surface area contributed by atoms with Crippen LogP contribution in [0.3, 0.4) is 0 Å². The van der Waals surface area contributed by atoms with E-state index in [1.807, 2.05) is 19.1 Å². The second kappa shape index (κ2) is 6.15. The van der Waals surface area contributed by atoms with Gasteiger partial charge in [0.05, 0.1) is 0 Å². The summed E-state index contributed by atoms with van der Waals surface area (Å²) in [5.41, 5.74) is 0. The predicted octanol–water partition coefficient (Wildman–Crippen LogP) is 2.13. The highest BCUT2D eigenvalue weighted by Crippen LogP contribution is 2.22. The van der Waals surface area contributed by atoms with Crippen molar-refractivity contribution in [1.82, 2.24) is 4.72 Å². The molecule has 7 heteroatoms. The standard InChI is InChI=1S/C12H15NO3S3/c1-9-2-3-11(17-9)8-13-19(15,16)12-5-4-10(18-12)6-7-14/h2-5,13-14H,6-8H2,1H3. The van der Waals surface area contributed by atoms with E-state index in [2.05, 4.69) is 4.72 Å². The van der Waals surface area contributed by atoms with Crippen molar-refractivity contribution in [3.8, 4) is 0 Å². The van der Waals surface area contributed by atoms with Crippen LogP contribution in [0.5, 0.6) is 0 Å². The average molecular weight is 317 g/mol. The van der Waals surface area contributed by atoms with Crippen LogP contribution >= 0.6 is 22.7 Å². The molecule has 2 aromatic heterocycles. The quantitative estimate of drug-likeness (QED) is 0.858. The molecule has 2 heterocycles. The number of sulfonamides is 1. The molecule has 0 aliphatic rings. The zero-order chi connectivity index (χ0) is 13.9. The first-order valence-corrected chi connectivity index (χ1v) is 8.87. The molecule has 0 saturated heterocycles. The summed E-state index contributed by atoms with van der Waals surface area (Å²) in [6.07, 6.45) is 0.490. The highest BCUT2D eigenvalue weighted by Gasteiger charge is 2.16. The lowest BCUT2D eigenvalue weighted by atomic mass is 10.4. The third kappa shape index (κ3) is 3.87. The zero-order valence-electron chi connectivity index (χ0n) is 10.4. The van der Waals surface area contributed by atoms with E-state index >= 15 is 0 Å². The topological polar surface area (TPSA) is 66.4 Å². The molecule has 2 aromatic rings. The summed E-state index contributed by atoms with van der Waals surface area (Å²) in [7, 11) is -3.45. The number of hydrogen-bond donors (Lipinski definition) is 2. The Hall–Kier alpha value is -0.730. The number of thiophene rings is 2. The molecular weight excluding hydrogens is 302 g/mol. The summed E-state index contributed by atoms with van der Waals surface area (Å²) in [4.78, 5) is 3.03. The van der Waals surface area contributed by atoms with Crippen LogP contribution in [0.4, 0.5) is 0 Å². The molecule has 19 heavy (non-hydrogen) atoms. The summed E-state index contributed by atoms with van der Waals surface area (Å²) in [6, 6.07) is 7.22. The van der Waals surface area contributed by atoms with E-state index in [1.54, 1.807) is 23.5 Å². The number of aryl methyl sites for hydroxylation is 1. The first-order valence-electron chi connectivity index (χ1n) is 5.76. The van der Waals surface area contributed by atoms with Crippen molar-refractivity contribution < 1.29 is 13.5 Å². The van der Waals surface area contributed by atoms with Crippen LogP contribution < -0.4 is 4.72 Å². The zero-order valence-corrected chi connectivity index (χ0v) is 12.9. The number of rotatable bonds is 6. The van der Waals surface area contributed by atoms with Crippen LogP contribution in [-0.4, -0.2) is 20.1 Å². The normalized spacial score (nSPS) is 11.9. The lowest BCUT2D eigenvalue weighted by Crippen LogP contribution is -2.21. The minimum absolute atomic E-state index is 0.0297. The molecule has 2 N–H and O–H groups in total. The fraction of sp³-hybridized carbons (Fsp3) is 0.333. The molecule has 0 bridgehead atoms. The molecule has 104 valence electrons. The van der Waals surface area contributed by atoms with Crippen molar-refractivity contribution in [3.63, 3.8) is 0 Å². The molecule has 0 atom stereocenters. The van der Waals surface area contributed by atoms with E-state index in [1.165, 1.54) is 11.3 Å². The van der Waals surface area contributed by atoms with Crippen molar-refractivity contribution in [2.75, 3.05) is 6.61 Å². The third-order valence-corrected chi connectivity index (χ3v) is 6.53. The smallest absolute Gasteiger partial charge is 0.250 e. The van der Waals surface area contributed by atoms with E-state index in [0.717, 1.165) is 14.6 Å². The van der Waals surface area contributed by atoms with Crippen LogP contribution in [0, 0.1) is 6.92 Å². The number of aliphatic hydroxyl groups is 1. The van der Waals surface area contributed by atoms with Crippen LogP contribution in [0.2, 0.25) is 0 Å². The fourth-order valence-electron chi connectivity index (χ4n) is 1.56. The van der Waals surface area contributed by atoms with E-state index in [-0.39, 0.29) is 6.61 Å². The minimum atomic E-state index is -3.45. The lowest BCUT2D eigenvalue weighted by Gasteiger charge is -2.02. The number of nitrogens with one attached hydrogen (secondary N) is 1. The Labute approximate surface area is 120 Å². The van der Waals surface area contributed by atoms with Crippen LogP contribution in [0.25, 0.3) is 0 Å². The van der Waals surface area contributed by atoms with Crippen molar-refractivity contribution in [1.29, 1.82) is 0 Å². The van der Waals surface area contributed by atoms with E-state index in [9.17, 15) is 8.42 Å². The summed E-state index contributed by atoms with van der Waals surface area (Å²) < 4.78 is 27.0. The third-order valence-electron chi connectivity index (χ3n) is 2.49. The molecule has 0 saturated carbocycles. The van der Waals surface area contributed by atoms with Gasteiger partial charge >= 0.3 is 0 Å². The summed E-state index contributed by atoms with van der Waals surface area (Å²) in [6.45, 7) is 2.33. The van der Waals surface area contributed by atoms with E-state index in [4.69, 9.17) is 5.11 Å². The molecule has 4 nitrogen and oxygen atoms in total. The SMILES string of the molecule is Cc1ccc(CNS(=O)(=O)c2ccc(CCO)s2)s1. The molecule has 0 fully saturated rings. The molecule has 0 aromatic carbocycles. The van der Waals surface area contributed by atoms with Crippen LogP contribution in [-0.2, 0) is 23.0 Å². The second-order valence-electron chi connectivity index (χ2n) is 4.03. The van der Waals surface area contributed by atoms with Gasteiger partial charge in [-0.15, -0.1) is 22.7 Å². The van der Waals surface area contributed by atoms with E-state index < -0.39 is 10.0 Å². The van der Waals surface area contributed by atoms with Crippen molar-refractivity contribution >= 4 is 32.7 Å². The Morgan fingerprint density at radius 2 is 1.89 bits per heavy atom. The summed E-state index contributed by atoms with van der Waals surface area (Å²) in [5, 5.41) is 8.83.